The summed E-state index contributed by atoms with van der Waals surface area (Å²) >= 11 is 3.71. The molecule has 6 heteroatoms. The first-order valence-electron chi connectivity index (χ1n) is 7.75. The van der Waals surface area contributed by atoms with Crippen LogP contribution >= 0.6 is 15.9 Å². The molecule has 0 bridgehead atoms. The largest absolute Gasteiger partial charge is 0.444 e. The third-order valence-corrected chi connectivity index (χ3v) is 4.36. The molecule has 21 heavy (non-hydrogen) atoms. The fraction of sp³-hybridized carbons (Fsp3) is 0.933. The van der Waals surface area contributed by atoms with Crippen LogP contribution in [0.3, 0.4) is 0 Å². The fourth-order valence-electron chi connectivity index (χ4n) is 2.25. The van der Waals surface area contributed by atoms with E-state index in [1.807, 2.05) is 20.8 Å². The Hall–Kier alpha value is -0.330. The lowest BCUT2D eigenvalue weighted by Gasteiger charge is -2.33. The third-order valence-electron chi connectivity index (χ3n) is 3.26. The van der Waals surface area contributed by atoms with Gasteiger partial charge in [-0.2, -0.15) is 0 Å². The molecule has 2 atom stereocenters. The molecule has 1 amide bonds. The average Bonchev–Trinajstić information content (AvgIpc) is 2.37. The van der Waals surface area contributed by atoms with Gasteiger partial charge in [0.2, 0.25) is 0 Å². The lowest BCUT2D eigenvalue weighted by molar-refractivity contribution is 0.0288. The smallest absolute Gasteiger partial charge is 0.407 e. The number of nitrogens with one attached hydrogen (secondary N) is 1. The molecule has 0 spiro atoms. The number of alkyl halides is 1. The molecule has 0 radical (unpaired) electrons. The Bertz CT molecular complexity index is 315. The van der Waals surface area contributed by atoms with Crippen molar-refractivity contribution in [3.8, 4) is 0 Å². The number of morpholine rings is 1. The monoisotopic (exact) mass is 364 g/mol. The van der Waals surface area contributed by atoms with Gasteiger partial charge in [-0.1, -0.05) is 29.3 Å². The zero-order valence-electron chi connectivity index (χ0n) is 13.7. The van der Waals surface area contributed by atoms with Crippen LogP contribution in [0.25, 0.3) is 0 Å². The molecule has 1 N–H and O–H groups in total. The third kappa shape index (κ3) is 8.02. The highest BCUT2D eigenvalue weighted by molar-refractivity contribution is 9.09. The van der Waals surface area contributed by atoms with Crippen LogP contribution < -0.4 is 5.32 Å². The summed E-state index contributed by atoms with van der Waals surface area (Å²) in [4.78, 5) is 14.6. The first kappa shape index (κ1) is 18.7. The van der Waals surface area contributed by atoms with E-state index < -0.39 is 5.60 Å². The standard InChI is InChI=1S/C15H29BrN2O3/c1-5-6-12(16)13(11-18-7-9-20-10-8-18)17-14(19)21-15(2,3)4/h12-13H,5-11H2,1-4H3,(H,17,19)/t12-,13+/m0/s1. The Balaban J connectivity index is 2.56. The Morgan fingerprint density at radius 3 is 2.52 bits per heavy atom. The number of nitrogens with zero attached hydrogens (tertiary/aromatic N) is 1. The number of hydrogen-bond acceptors (Lipinski definition) is 4. The number of ether oxygens (including phenoxy) is 2. The summed E-state index contributed by atoms with van der Waals surface area (Å²) in [7, 11) is 0. The molecule has 0 saturated carbocycles. The van der Waals surface area contributed by atoms with Crippen molar-refractivity contribution in [1.29, 1.82) is 0 Å². The minimum Gasteiger partial charge on any atom is -0.444 e. The molecule has 1 heterocycles. The number of carbonyl (C=O) groups excluding carboxylic acids is 1. The van der Waals surface area contributed by atoms with Gasteiger partial charge in [-0.05, 0) is 27.2 Å². The molecule has 0 aromatic heterocycles. The minimum atomic E-state index is -0.472. The van der Waals surface area contributed by atoms with E-state index in [4.69, 9.17) is 9.47 Å². The molecule has 1 aliphatic rings. The van der Waals surface area contributed by atoms with Gasteiger partial charge in [0.1, 0.15) is 5.60 Å². The second-order valence-electron chi connectivity index (χ2n) is 6.47. The van der Waals surface area contributed by atoms with Crippen LogP contribution in [-0.2, 0) is 9.47 Å². The lowest BCUT2D eigenvalue weighted by Crippen LogP contribution is -2.51. The van der Waals surface area contributed by atoms with E-state index in [1.54, 1.807) is 0 Å². The predicted octanol–water partition coefficient (Wildman–Crippen LogP) is 2.78. The molecule has 1 saturated heterocycles. The number of carbonyl (C=O) groups is 1. The second-order valence-corrected chi connectivity index (χ2v) is 7.65. The van der Waals surface area contributed by atoms with Crippen LogP contribution in [0.2, 0.25) is 0 Å². The fourth-order valence-corrected chi connectivity index (χ4v) is 3.01. The van der Waals surface area contributed by atoms with E-state index in [0.29, 0.717) is 0 Å². The molecular weight excluding hydrogens is 336 g/mol. The van der Waals surface area contributed by atoms with Crippen molar-refractivity contribution in [2.24, 2.45) is 0 Å². The van der Waals surface area contributed by atoms with Crippen LogP contribution in [0.1, 0.15) is 40.5 Å². The summed E-state index contributed by atoms with van der Waals surface area (Å²) in [5.41, 5.74) is -0.472. The van der Waals surface area contributed by atoms with E-state index in [1.165, 1.54) is 0 Å². The number of hydrogen-bond donors (Lipinski definition) is 1. The molecule has 0 aromatic carbocycles. The first-order valence-corrected chi connectivity index (χ1v) is 8.67. The summed E-state index contributed by atoms with van der Waals surface area (Å²) in [5, 5.41) is 3.01. The van der Waals surface area contributed by atoms with Crippen LogP contribution in [0.5, 0.6) is 0 Å². The summed E-state index contributed by atoms with van der Waals surface area (Å²) in [6.07, 6.45) is 1.75. The molecule has 124 valence electrons. The Kier molecular flexibility index (Phi) is 7.98. The SMILES string of the molecule is CCC[C@H](Br)[C@@H](CN1CCOCC1)NC(=O)OC(C)(C)C. The topological polar surface area (TPSA) is 50.8 Å². The highest BCUT2D eigenvalue weighted by atomic mass is 79.9. The van der Waals surface area contributed by atoms with Crippen molar-refractivity contribution in [1.82, 2.24) is 10.2 Å². The van der Waals surface area contributed by atoms with Crippen molar-refractivity contribution in [2.45, 2.75) is 57.0 Å². The first-order chi connectivity index (χ1) is 9.81. The molecule has 5 nitrogen and oxygen atoms in total. The number of alkyl carbamates (subject to hydrolysis) is 1. The predicted molar refractivity (Wildman–Crippen MR) is 88.0 cm³/mol. The zero-order valence-corrected chi connectivity index (χ0v) is 15.2. The number of halogens is 1. The highest BCUT2D eigenvalue weighted by Crippen LogP contribution is 2.16. The van der Waals surface area contributed by atoms with E-state index in [9.17, 15) is 4.79 Å². The quantitative estimate of drug-likeness (QED) is 0.736. The normalized spacial score (nSPS) is 19.9. The highest BCUT2D eigenvalue weighted by Gasteiger charge is 2.26. The van der Waals surface area contributed by atoms with Gasteiger partial charge in [-0.25, -0.2) is 4.79 Å². The van der Waals surface area contributed by atoms with Crippen molar-refractivity contribution in [3.63, 3.8) is 0 Å². The molecule has 1 fully saturated rings. The van der Waals surface area contributed by atoms with Crippen LogP contribution in [0.4, 0.5) is 4.79 Å². The van der Waals surface area contributed by atoms with Gasteiger partial charge < -0.3 is 14.8 Å². The summed E-state index contributed by atoms with van der Waals surface area (Å²) in [5.74, 6) is 0. The second kappa shape index (κ2) is 8.96. The van der Waals surface area contributed by atoms with Crippen molar-refractivity contribution >= 4 is 22.0 Å². The molecule has 0 aliphatic carbocycles. The maximum atomic E-state index is 12.0. The van der Waals surface area contributed by atoms with Gasteiger partial charge in [-0.15, -0.1) is 0 Å². The summed E-state index contributed by atoms with van der Waals surface area (Å²) in [6, 6.07) is 0.0397. The van der Waals surface area contributed by atoms with Crippen molar-refractivity contribution in [3.05, 3.63) is 0 Å². The van der Waals surface area contributed by atoms with Gasteiger partial charge in [0, 0.05) is 24.5 Å². The van der Waals surface area contributed by atoms with E-state index in [2.05, 4.69) is 33.1 Å². The summed E-state index contributed by atoms with van der Waals surface area (Å²) < 4.78 is 10.7. The van der Waals surface area contributed by atoms with Crippen molar-refractivity contribution < 1.29 is 14.3 Å². The number of amides is 1. The average molecular weight is 365 g/mol. The number of rotatable bonds is 6. The molecule has 0 unspecified atom stereocenters. The minimum absolute atomic E-state index is 0.0397. The van der Waals surface area contributed by atoms with Crippen LogP contribution in [0.15, 0.2) is 0 Å². The summed E-state index contributed by atoms with van der Waals surface area (Å²) in [6.45, 7) is 12.0. The van der Waals surface area contributed by atoms with Gasteiger partial charge >= 0.3 is 6.09 Å². The van der Waals surface area contributed by atoms with Crippen LogP contribution in [-0.4, -0.2) is 60.3 Å². The van der Waals surface area contributed by atoms with E-state index in [0.717, 1.165) is 45.7 Å². The van der Waals surface area contributed by atoms with Gasteiger partial charge in [0.15, 0.2) is 0 Å². The van der Waals surface area contributed by atoms with E-state index >= 15 is 0 Å². The van der Waals surface area contributed by atoms with Gasteiger partial charge in [0.05, 0.1) is 19.3 Å². The Morgan fingerprint density at radius 2 is 2.00 bits per heavy atom. The molecule has 0 aromatic rings. The van der Waals surface area contributed by atoms with Gasteiger partial charge in [0.25, 0.3) is 0 Å². The maximum absolute atomic E-state index is 12.0. The van der Waals surface area contributed by atoms with Crippen LogP contribution in [0, 0.1) is 0 Å². The maximum Gasteiger partial charge on any atom is 0.407 e. The molecule has 1 rings (SSSR count). The van der Waals surface area contributed by atoms with Gasteiger partial charge in [-0.3, -0.25) is 4.90 Å². The molecule has 1 aliphatic heterocycles. The Labute approximate surface area is 136 Å². The van der Waals surface area contributed by atoms with E-state index in [-0.39, 0.29) is 17.0 Å². The Morgan fingerprint density at radius 1 is 1.38 bits per heavy atom. The zero-order chi connectivity index (χ0) is 15.9. The van der Waals surface area contributed by atoms with Crippen molar-refractivity contribution in [2.75, 3.05) is 32.8 Å². The lowest BCUT2D eigenvalue weighted by atomic mass is 10.1. The molecular formula is C15H29BrN2O3.